The van der Waals surface area contributed by atoms with Crippen molar-refractivity contribution >= 4 is 5.69 Å². The molecule has 5 heteroatoms. The molecule has 0 radical (unpaired) electrons. The Morgan fingerprint density at radius 3 is 2.17 bits per heavy atom. The maximum atomic E-state index is 13.0. The number of hydrogen-bond acceptors (Lipinski definition) is 2. The Labute approximate surface area is 141 Å². The second-order valence-electron chi connectivity index (χ2n) is 6.18. The number of benzene rings is 2. The van der Waals surface area contributed by atoms with Crippen LogP contribution in [0.4, 0.5) is 18.9 Å². The molecular formula is C19H23F3N2. The lowest BCUT2D eigenvalue weighted by molar-refractivity contribution is -0.137. The average molecular weight is 336 g/mol. The summed E-state index contributed by atoms with van der Waals surface area (Å²) in [6.45, 7) is 0.850. The summed E-state index contributed by atoms with van der Waals surface area (Å²) in [7, 11) is 5.83. The highest BCUT2D eigenvalue weighted by Crippen LogP contribution is 2.34. The molecule has 0 fully saturated rings. The van der Waals surface area contributed by atoms with Gasteiger partial charge in [0, 0.05) is 12.7 Å². The van der Waals surface area contributed by atoms with Gasteiger partial charge in [0.2, 0.25) is 0 Å². The molecule has 1 unspecified atom stereocenters. The lowest BCUT2D eigenvalue weighted by Crippen LogP contribution is -2.28. The maximum Gasteiger partial charge on any atom is 0.416 e. The van der Waals surface area contributed by atoms with Crippen LogP contribution in [0.5, 0.6) is 0 Å². The van der Waals surface area contributed by atoms with Crippen molar-refractivity contribution in [2.45, 2.75) is 18.6 Å². The molecule has 0 aromatic heterocycles. The third-order valence-corrected chi connectivity index (χ3v) is 4.08. The normalized spacial score (nSPS) is 13.1. The third kappa shape index (κ3) is 4.74. The zero-order valence-electron chi connectivity index (χ0n) is 14.2. The summed E-state index contributed by atoms with van der Waals surface area (Å²) in [6, 6.07) is 15.4. The maximum absolute atomic E-state index is 13.0. The molecule has 0 bridgehead atoms. The fraction of sp³-hybridized carbons (Fsp3) is 0.368. The smallest absolute Gasteiger partial charge is 0.367 e. The molecule has 0 spiro atoms. The van der Waals surface area contributed by atoms with Gasteiger partial charge in [-0.2, -0.15) is 13.2 Å². The van der Waals surface area contributed by atoms with Gasteiger partial charge in [-0.05, 0) is 50.8 Å². The molecular weight excluding hydrogens is 313 g/mol. The Balaban J connectivity index is 2.32. The molecule has 2 nitrogen and oxygen atoms in total. The number of nitrogens with zero attached hydrogens (tertiary/aromatic N) is 2. The van der Waals surface area contributed by atoms with Crippen molar-refractivity contribution in [1.29, 1.82) is 0 Å². The van der Waals surface area contributed by atoms with Crippen LogP contribution in [-0.4, -0.2) is 32.6 Å². The number of alkyl halides is 3. The molecule has 0 heterocycles. The summed E-state index contributed by atoms with van der Waals surface area (Å²) in [5.41, 5.74) is 1.04. The van der Waals surface area contributed by atoms with Gasteiger partial charge in [-0.25, -0.2) is 0 Å². The minimum atomic E-state index is -4.33. The molecule has 0 N–H and O–H groups in total. The molecule has 2 aromatic carbocycles. The first-order valence-corrected chi connectivity index (χ1v) is 7.89. The topological polar surface area (TPSA) is 6.48 Å². The van der Waals surface area contributed by atoms with E-state index >= 15 is 0 Å². The highest BCUT2D eigenvalue weighted by Gasteiger charge is 2.31. The van der Waals surface area contributed by atoms with E-state index < -0.39 is 11.7 Å². The van der Waals surface area contributed by atoms with E-state index in [9.17, 15) is 13.2 Å². The predicted octanol–water partition coefficient (Wildman–Crippen LogP) is 4.83. The van der Waals surface area contributed by atoms with Gasteiger partial charge in [-0.1, -0.05) is 36.4 Å². The van der Waals surface area contributed by atoms with Gasteiger partial charge in [-0.15, -0.1) is 0 Å². The Hall–Kier alpha value is -2.01. The molecule has 2 rings (SSSR count). The number of hydrogen-bond donors (Lipinski definition) is 0. The van der Waals surface area contributed by atoms with Crippen molar-refractivity contribution in [3.8, 4) is 0 Å². The van der Waals surface area contributed by atoms with Crippen molar-refractivity contribution in [3.05, 3.63) is 65.7 Å². The van der Waals surface area contributed by atoms with Gasteiger partial charge in [0.25, 0.3) is 0 Å². The largest absolute Gasteiger partial charge is 0.416 e. The Bertz CT molecular complexity index is 639. The second-order valence-corrected chi connectivity index (χ2v) is 6.18. The van der Waals surface area contributed by atoms with Crippen molar-refractivity contribution in [3.63, 3.8) is 0 Å². The molecule has 0 aliphatic heterocycles. The SMILES string of the molecule is CN(C)CCC(c1ccccc1)N(C)c1cccc(C(F)(F)F)c1. The molecule has 0 amide bonds. The number of anilines is 1. The summed E-state index contributed by atoms with van der Waals surface area (Å²) in [4.78, 5) is 4.00. The van der Waals surface area contributed by atoms with Crippen molar-refractivity contribution in [2.24, 2.45) is 0 Å². The summed E-state index contributed by atoms with van der Waals surface area (Å²) in [5.74, 6) is 0. The van der Waals surface area contributed by atoms with Crippen LogP contribution in [-0.2, 0) is 6.18 Å². The molecule has 130 valence electrons. The van der Waals surface area contributed by atoms with Gasteiger partial charge in [0.15, 0.2) is 0 Å². The van der Waals surface area contributed by atoms with E-state index in [2.05, 4.69) is 4.90 Å². The van der Waals surface area contributed by atoms with E-state index in [1.807, 2.05) is 56.4 Å². The summed E-state index contributed by atoms with van der Waals surface area (Å²) in [5, 5.41) is 0. The van der Waals surface area contributed by atoms with E-state index in [1.54, 1.807) is 6.07 Å². The quantitative estimate of drug-likeness (QED) is 0.745. The first-order valence-electron chi connectivity index (χ1n) is 7.89. The Morgan fingerprint density at radius 1 is 0.917 bits per heavy atom. The minimum absolute atomic E-state index is 0.0112. The number of rotatable bonds is 6. The Kier molecular flexibility index (Phi) is 5.89. The lowest BCUT2D eigenvalue weighted by Gasteiger charge is -2.32. The van der Waals surface area contributed by atoms with E-state index in [1.165, 1.54) is 12.1 Å². The van der Waals surface area contributed by atoms with E-state index in [0.717, 1.165) is 24.6 Å². The Morgan fingerprint density at radius 2 is 1.58 bits per heavy atom. The van der Waals surface area contributed by atoms with Crippen LogP contribution in [0.15, 0.2) is 54.6 Å². The van der Waals surface area contributed by atoms with Crippen LogP contribution in [0.25, 0.3) is 0 Å². The highest BCUT2D eigenvalue weighted by molar-refractivity contribution is 5.50. The standard InChI is InChI=1S/C19H23F3N2/c1-23(2)13-12-18(15-8-5-4-6-9-15)24(3)17-11-7-10-16(14-17)19(20,21)22/h4-11,14,18H,12-13H2,1-3H3. The molecule has 0 aliphatic carbocycles. The fourth-order valence-corrected chi connectivity index (χ4v) is 2.72. The molecule has 0 aliphatic rings. The van der Waals surface area contributed by atoms with Gasteiger partial charge in [-0.3, -0.25) is 0 Å². The van der Waals surface area contributed by atoms with Crippen LogP contribution in [0, 0.1) is 0 Å². The van der Waals surface area contributed by atoms with Crippen molar-refractivity contribution in [2.75, 3.05) is 32.6 Å². The molecule has 0 saturated carbocycles. The van der Waals surface area contributed by atoms with Crippen LogP contribution in [0.2, 0.25) is 0 Å². The first kappa shape index (κ1) is 18.3. The van der Waals surface area contributed by atoms with Gasteiger partial charge < -0.3 is 9.80 Å². The zero-order chi connectivity index (χ0) is 17.7. The fourth-order valence-electron chi connectivity index (χ4n) is 2.72. The van der Waals surface area contributed by atoms with Gasteiger partial charge in [0.1, 0.15) is 0 Å². The molecule has 2 aromatic rings. The molecule has 0 saturated heterocycles. The van der Waals surface area contributed by atoms with Gasteiger partial charge in [0.05, 0.1) is 11.6 Å². The van der Waals surface area contributed by atoms with Crippen LogP contribution < -0.4 is 4.90 Å². The van der Waals surface area contributed by atoms with E-state index in [0.29, 0.717) is 5.69 Å². The van der Waals surface area contributed by atoms with Crippen LogP contribution in [0.3, 0.4) is 0 Å². The van der Waals surface area contributed by atoms with E-state index in [-0.39, 0.29) is 6.04 Å². The lowest BCUT2D eigenvalue weighted by atomic mass is 10.0. The van der Waals surface area contributed by atoms with Gasteiger partial charge >= 0.3 is 6.18 Å². The van der Waals surface area contributed by atoms with Crippen LogP contribution >= 0.6 is 0 Å². The molecule has 1 atom stereocenters. The second kappa shape index (κ2) is 7.71. The number of halogens is 3. The third-order valence-electron chi connectivity index (χ3n) is 4.08. The van der Waals surface area contributed by atoms with Crippen LogP contribution in [0.1, 0.15) is 23.6 Å². The minimum Gasteiger partial charge on any atom is -0.367 e. The first-order chi connectivity index (χ1) is 11.3. The summed E-state index contributed by atoms with van der Waals surface area (Å²) < 4.78 is 39.0. The monoisotopic (exact) mass is 336 g/mol. The summed E-state index contributed by atoms with van der Waals surface area (Å²) in [6.07, 6.45) is -3.51. The predicted molar refractivity (Wildman–Crippen MR) is 92.2 cm³/mol. The van der Waals surface area contributed by atoms with Crippen molar-refractivity contribution < 1.29 is 13.2 Å². The molecule has 24 heavy (non-hydrogen) atoms. The average Bonchev–Trinajstić information content (AvgIpc) is 2.55. The highest BCUT2D eigenvalue weighted by atomic mass is 19.4. The zero-order valence-corrected chi connectivity index (χ0v) is 14.2. The van der Waals surface area contributed by atoms with E-state index in [4.69, 9.17) is 0 Å². The van der Waals surface area contributed by atoms with Crippen molar-refractivity contribution in [1.82, 2.24) is 4.90 Å². The summed E-state index contributed by atoms with van der Waals surface area (Å²) >= 11 is 0.